The normalized spacial score (nSPS) is 16.4. The highest BCUT2D eigenvalue weighted by Gasteiger charge is 2.20. The molecule has 3 unspecified atom stereocenters. The molecule has 0 aliphatic heterocycles. The summed E-state index contributed by atoms with van der Waals surface area (Å²) in [6, 6.07) is 2.63. The molecule has 1 rings (SSSR count). The highest BCUT2D eigenvalue weighted by atomic mass is 35.5. The molecule has 1 aromatic rings. The standard InChI is InChI=1S/C13H18Cl2FNO/c1-7(6-18)8(2)17-9(3)12-10(14)4-5-11(16)13(12)15/h4-5,7-9,17-18H,6H2,1-3H3. The van der Waals surface area contributed by atoms with Gasteiger partial charge in [0.25, 0.3) is 0 Å². The highest BCUT2D eigenvalue weighted by Crippen LogP contribution is 2.32. The van der Waals surface area contributed by atoms with Crippen LogP contribution >= 0.6 is 23.2 Å². The van der Waals surface area contributed by atoms with Crippen molar-refractivity contribution < 1.29 is 9.50 Å². The predicted molar refractivity (Wildman–Crippen MR) is 73.7 cm³/mol. The van der Waals surface area contributed by atoms with Crippen LogP contribution in [0.5, 0.6) is 0 Å². The van der Waals surface area contributed by atoms with E-state index in [9.17, 15) is 4.39 Å². The molecule has 0 aliphatic carbocycles. The van der Waals surface area contributed by atoms with E-state index < -0.39 is 5.82 Å². The van der Waals surface area contributed by atoms with Crippen LogP contribution < -0.4 is 5.32 Å². The van der Waals surface area contributed by atoms with Gasteiger partial charge in [-0.1, -0.05) is 30.1 Å². The Labute approximate surface area is 117 Å². The van der Waals surface area contributed by atoms with E-state index in [0.29, 0.717) is 10.6 Å². The Balaban J connectivity index is 2.91. The molecule has 3 atom stereocenters. The summed E-state index contributed by atoms with van der Waals surface area (Å²) in [7, 11) is 0. The van der Waals surface area contributed by atoms with Gasteiger partial charge in [-0.05, 0) is 31.9 Å². The van der Waals surface area contributed by atoms with Gasteiger partial charge in [0.2, 0.25) is 0 Å². The Hall–Kier alpha value is -0.350. The van der Waals surface area contributed by atoms with Gasteiger partial charge in [-0.2, -0.15) is 0 Å². The Kier molecular flexibility index (Phi) is 5.86. The van der Waals surface area contributed by atoms with Crippen molar-refractivity contribution in [3.05, 3.63) is 33.6 Å². The van der Waals surface area contributed by atoms with Crippen molar-refractivity contribution in [2.45, 2.75) is 32.9 Å². The fraction of sp³-hybridized carbons (Fsp3) is 0.538. The quantitative estimate of drug-likeness (QED) is 0.810. The van der Waals surface area contributed by atoms with Crippen molar-refractivity contribution in [2.75, 3.05) is 6.61 Å². The third-order valence-electron chi connectivity index (χ3n) is 3.17. The van der Waals surface area contributed by atoms with Crippen molar-refractivity contribution in [3.63, 3.8) is 0 Å². The maximum Gasteiger partial charge on any atom is 0.142 e. The number of halogens is 3. The first-order valence-electron chi connectivity index (χ1n) is 5.88. The largest absolute Gasteiger partial charge is 0.396 e. The number of aliphatic hydroxyl groups is 1. The van der Waals surface area contributed by atoms with Crippen LogP contribution in [0.25, 0.3) is 0 Å². The number of nitrogens with one attached hydrogen (secondary N) is 1. The summed E-state index contributed by atoms with van der Waals surface area (Å²) in [5.41, 5.74) is 0.551. The first kappa shape index (κ1) is 15.7. The summed E-state index contributed by atoms with van der Waals surface area (Å²) in [5.74, 6) is -0.383. The van der Waals surface area contributed by atoms with Crippen molar-refractivity contribution in [1.29, 1.82) is 0 Å². The van der Waals surface area contributed by atoms with Crippen LogP contribution in [0.3, 0.4) is 0 Å². The van der Waals surface area contributed by atoms with Crippen LogP contribution in [0.2, 0.25) is 10.0 Å². The Morgan fingerprint density at radius 2 is 1.89 bits per heavy atom. The zero-order chi connectivity index (χ0) is 13.9. The molecule has 0 amide bonds. The molecule has 18 heavy (non-hydrogen) atoms. The Bertz CT molecular complexity index is 414. The SMILES string of the molecule is CC(NC(C)C(C)CO)c1c(Cl)ccc(F)c1Cl. The average Bonchev–Trinajstić information content (AvgIpc) is 2.33. The molecule has 0 bridgehead atoms. The molecule has 0 radical (unpaired) electrons. The Morgan fingerprint density at radius 1 is 1.28 bits per heavy atom. The van der Waals surface area contributed by atoms with E-state index in [4.69, 9.17) is 28.3 Å². The number of hydrogen-bond donors (Lipinski definition) is 2. The molecular weight excluding hydrogens is 276 g/mol. The van der Waals surface area contributed by atoms with Crippen LogP contribution in [0.4, 0.5) is 4.39 Å². The topological polar surface area (TPSA) is 32.3 Å². The van der Waals surface area contributed by atoms with Crippen molar-refractivity contribution in [3.8, 4) is 0 Å². The van der Waals surface area contributed by atoms with E-state index in [2.05, 4.69) is 5.32 Å². The first-order chi connectivity index (χ1) is 8.38. The minimum absolute atomic E-state index is 0.0475. The molecule has 0 aliphatic rings. The van der Waals surface area contributed by atoms with Crippen LogP contribution in [0, 0.1) is 11.7 Å². The van der Waals surface area contributed by atoms with Gasteiger partial charge in [-0.25, -0.2) is 4.39 Å². The minimum atomic E-state index is -0.479. The van der Waals surface area contributed by atoms with Gasteiger partial charge >= 0.3 is 0 Å². The van der Waals surface area contributed by atoms with Gasteiger partial charge in [-0.15, -0.1) is 0 Å². The van der Waals surface area contributed by atoms with Gasteiger partial charge in [-0.3, -0.25) is 0 Å². The molecule has 5 heteroatoms. The molecule has 0 saturated carbocycles. The summed E-state index contributed by atoms with van der Waals surface area (Å²) in [6.07, 6.45) is 0. The first-order valence-corrected chi connectivity index (χ1v) is 6.64. The van der Waals surface area contributed by atoms with E-state index >= 15 is 0 Å². The molecular formula is C13H18Cl2FNO. The Morgan fingerprint density at radius 3 is 2.44 bits per heavy atom. The molecule has 2 N–H and O–H groups in total. The maximum absolute atomic E-state index is 13.4. The van der Waals surface area contributed by atoms with Crippen LogP contribution in [0.1, 0.15) is 32.4 Å². The number of benzene rings is 1. The van der Waals surface area contributed by atoms with Crippen LogP contribution in [0.15, 0.2) is 12.1 Å². The zero-order valence-electron chi connectivity index (χ0n) is 10.7. The fourth-order valence-electron chi connectivity index (χ4n) is 1.74. The molecule has 0 heterocycles. The molecule has 0 aromatic heterocycles. The molecule has 102 valence electrons. The second-order valence-electron chi connectivity index (χ2n) is 4.59. The third kappa shape index (κ3) is 3.58. The summed E-state index contributed by atoms with van der Waals surface area (Å²) in [6.45, 7) is 5.84. The average molecular weight is 294 g/mol. The molecule has 0 fully saturated rings. The minimum Gasteiger partial charge on any atom is -0.396 e. The van der Waals surface area contributed by atoms with Crippen LogP contribution in [-0.4, -0.2) is 17.8 Å². The smallest absolute Gasteiger partial charge is 0.142 e. The van der Waals surface area contributed by atoms with Gasteiger partial charge in [0, 0.05) is 29.3 Å². The van der Waals surface area contributed by atoms with Crippen molar-refractivity contribution in [2.24, 2.45) is 5.92 Å². The molecule has 2 nitrogen and oxygen atoms in total. The predicted octanol–water partition coefficient (Wildman–Crippen LogP) is 3.80. The monoisotopic (exact) mass is 293 g/mol. The summed E-state index contributed by atoms with van der Waals surface area (Å²) in [4.78, 5) is 0. The van der Waals surface area contributed by atoms with E-state index in [1.807, 2.05) is 20.8 Å². The summed E-state index contributed by atoms with van der Waals surface area (Å²) in [5, 5.41) is 12.8. The molecule has 0 spiro atoms. The van der Waals surface area contributed by atoms with E-state index in [0.717, 1.165) is 0 Å². The van der Waals surface area contributed by atoms with Crippen LogP contribution in [-0.2, 0) is 0 Å². The third-order valence-corrected chi connectivity index (χ3v) is 3.88. The van der Waals surface area contributed by atoms with Crippen molar-refractivity contribution >= 4 is 23.2 Å². The second-order valence-corrected chi connectivity index (χ2v) is 5.38. The molecule has 1 aromatic carbocycles. The van der Waals surface area contributed by atoms with E-state index in [-0.39, 0.29) is 29.6 Å². The maximum atomic E-state index is 13.4. The lowest BCUT2D eigenvalue weighted by Gasteiger charge is -2.25. The summed E-state index contributed by atoms with van der Waals surface area (Å²) < 4.78 is 13.4. The summed E-state index contributed by atoms with van der Waals surface area (Å²) >= 11 is 12.0. The van der Waals surface area contributed by atoms with Gasteiger partial charge in [0.1, 0.15) is 5.82 Å². The fourth-order valence-corrected chi connectivity index (χ4v) is 2.44. The second kappa shape index (κ2) is 6.71. The number of hydrogen-bond acceptors (Lipinski definition) is 2. The van der Waals surface area contributed by atoms with Gasteiger partial charge in [0.15, 0.2) is 0 Å². The lowest BCUT2D eigenvalue weighted by molar-refractivity contribution is 0.202. The van der Waals surface area contributed by atoms with Gasteiger partial charge in [0.05, 0.1) is 5.02 Å². The van der Waals surface area contributed by atoms with Crippen molar-refractivity contribution in [1.82, 2.24) is 5.32 Å². The van der Waals surface area contributed by atoms with E-state index in [1.54, 1.807) is 0 Å². The lowest BCUT2D eigenvalue weighted by atomic mass is 10.0. The highest BCUT2D eigenvalue weighted by molar-refractivity contribution is 6.36. The number of aliphatic hydroxyl groups excluding tert-OH is 1. The van der Waals surface area contributed by atoms with Gasteiger partial charge < -0.3 is 10.4 Å². The lowest BCUT2D eigenvalue weighted by Crippen LogP contribution is -2.35. The molecule has 0 saturated heterocycles. The van der Waals surface area contributed by atoms with E-state index in [1.165, 1.54) is 12.1 Å². The zero-order valence-corrected chi connectivity index (χ0v) is 12.2. The number of rotatable bonds is 5.